The first-order valence-electron chi connectivity index (χ1n) is 5.90. The Morgan fingerprint density at radius 3 is 2.76 bits per heavy atom. The molecule has 0 aliphatic heterocycles. The fourth-order valence-electron chi connectivity index (χ4n) is 1.94. The van der Waals surface area contributed by atoms with Crippen molar-refractivity contribution < 1.29 is 8.42 Å². The second-order valence-electron chi connectivity index (χ2n) is 4.33. The predicted molar refractivity (Wildman–Crippen MR) is 81.3 cm³/mol. The third-order valence-electron chi connectivity index (χ3n) is 2.83. The van der Waals surface area contributed by atoms with Gasteiger partial charge in [-0.2, -0.15) is 8.42 Å². The molecular formula is C12H10BrN5O2S. The number of rotatable bonds is 3. The Hall–Kier alpha value is -2.00. The number of aromatic nitrogens is 4. The minimum Gasteiger partial charge on any atom is -0.277 e. The Morgan fingerprint density at radius 2 is 2.05 bits per heavy atom. The zero-order valence-electron chi connectivity index (χ0n) is 10.9. The molecule has 0 spiro atoms. The SMILES string of the molecule is Cn1nnc(Br)c1S(=O)(=O)Nc1cnc2ccccc2c1. The number of hydrogen-bond donors (Lipinski definition) is 1. The van der Waals surface area contributed by atoms with Crippen molar-refractivity contribution in [3.63, 3.8) is 0 Å². The van der Waals surface area contributed by atoms with Crippen LogP contribution in [-0.4, -0.2) is 28.4 Å². The molecule has 108 valence electrons. The number of pyridine rings is 1. The van der Waals surface area contributed by atoms with E-state index in [1.807, 2.05) is 24.3 Å². The van der Waals surface area contributed by atoms with E-state index in [2.05, 4.69) is 35.9 Å². The van der Waals surface area contributed by atoms with E-state index >= 15 is 0 Å². The average Bonchev–Trinajstić information content (AvgIpc) is 2.78. The Labute approximate surface area is 129 Å². The number of halogens is 1. The summed E-state index contributed by atoms with van der Waals surface area (Å²) >= 11 is 3.08. The van der Waals surface area contributed by atoms with Crippen LogP contribution in [-0.2, 0) is 17.1 Å². The molecule has 3 rings (SSSR count). The summed E-state index contributed by atoms with van der Waals surface area (Å²) in [6.07, 6.45) is 1.47. The molecule has 0 unspecified atom stereocenters. The van der Waals surface area contributed by atoms with E-state index < -0.39 is 10.0 Å². The second-order valence-corrected chi connectivity index (χ2v) is 6.68. The first-order valence-corrected chi connectivity index (χ1v) is 8.18. The summed E-state index contributed by atoms with van der Waals surface area (Å²) < 4.78 is 28.6. The molecule has 0 aliphatic rings. The number of anilines is 1. The fraction of sp³-hybridized carbons (Fsp3) is 0.0833. The predicted octanol–water partition coefficient (Wildman–Crippen LogP) is 1.93. The van der Waals surface area contributed by atoms with Gasteiger partial charge in [-0.25, -0.2) is 4.68 Å². The number of aryl methyl sites for hydroxylation is 1. The van der Waals surface area contributed by atoms with Crippen LogP contribution < -0.4 is 4.72 Å². The molecule has 0 radical (unpaired) electrons. The monoisotopic (exact) mass is 367 g/mol. The summed E-state index contributed by atoms with van der Waals surface area (Å²) in [5, 5.41) is 8.13. The molecule has 1 aromatic carbocycles. The van der Waals surface area contributed by atoms with E-state index in [1.54, 1.807) is 6.07 Å². The van der Waals surface area contributed by atoms with Crippen LogP contribution in [0.3, 0.4) is 0 Å². The lowest BCUT2D eigenvalue weighted by Gasteiger charge is -2.08. The lowest BCUT2D eigenvalue weighted by molar-refractivity contribution is 0.578. The van der Waals surface area contributed by atoms with Crippen LogP contribution in [0, 0.1) is 0 Å². The Morgan fingerprint density at radius 1 is 1.29 bits per heavy atom. The molecule has 3 aromatic rings. The number of hydrogen-bond acceptors (Lipinski definition) is 5. The highest BCUT2D eigenvalue weighted by Crippen LogP contribution is 2.22. The summed E-state index contributed by atoms with van der Waals surface area (Å²) in [6, 6.07) is 9.18. The maximum Gasteiger partial charge on any atom is 0.281 e. The van der Waals surface area contributed by atoms with Crippen molar-refractivity contribution in [3.8, 4) is 0 Å². The van der Waals surface area contributed by atoms with Gasteiger partial charge in [0.15, 0.2) is 4.60 Å². The summed E-state index contributed by atoms with van der Waals surface area (Å²) in [7, 11) is -2.29. The van der Waals surface area contributed by atoms with Gasteiger partial charge in [-0.05, 0) is 28.1 Å². The van der Waals surface area contributed by atoms with E-state index in [0.29, 0.717) is 5.69 Å². The number of fused-ring (bicyclic) bond motifs is 1. The molecule has 2 heterocycles. The van der Waals surface area contributed by atoms with Crippen molar-refractivity contribution in [2.45, 2.75) is 5.03 Å². The standard InChI is InChI=1S/C12H10BrN5O2S/c1-18-12(11(13)15-17-18)21(19,20)16-9-6-8-4-2-3-5-10(8)14-7-9/h2-7,16H,1H3. The molecule has 1 N–H and O–H groups in total. The van der Waals surface area contributed by atoms with Crippen molar-refractivity contribution >= 4 is 42.5 Å². The van der Waals surface area contributed by atoms with Crippen LogP contribution in [0.5, 0.6) is 0 Å². The van der Waals surface area contributed by atoms with Crippen LogP contribution in [0.1, 0.15) is 0 Å². The topological polar surface area (TPSA) is 89.8 Å². The Balaban J connectivity index is 2.01. The second kappa shape index (κ2) is 5.08. The minimum absolute atomic E-state index is 0.0457. The van der Waals surface area contributed by atoms with Gasteiger partial charge in [0.1, 0.15) is 0 Å². The van der Waals surface area contributed by atoms with Gasteiger partial charge in [0.05, 0.1) is 17.4 Å². The maximum absolute atomic E-state index is 12.4. The molecule has 9 heteroatoms. The van der Waals surface area contributed by atoms with Crippen molar-refractivity contribution in [1.82, 2.24) is 20.0 Å². The molecule has 0 fully saturated rings. The summed E-state index contributed by atoms with van der Waals surface area (Å²) in [6.45, 7) is 0. The molecule has 0 aliphatic carbocycles. The summed E-state index contributed by atoms with van der Waals surface area (Å²) in [4.78, 5) is 4.21. The van der Waals surface area contributed by atoms with E-state index in [-0.39, 0.29) is 9.63 Å². The van der Waals surface area contributed by atoms with Gasteiger partial charge in [0.2, 0.25) is 5.03 Å². The molecule has 0 bridgehead atoms. The van der Waals surface area contributed by atoms with Crippen molar-refractivity contribution in [1.29, 1.82) is 0 Å². The van der Waals surface area contributed by atoms with Gasteiger partial charge >= 0.3 is 0 Å². The van der Waals surface area contributed by atoms with E-state index in [0.717, 1.165) is 10.9 Å². The molecule has 2 aromatic heterocycles. The van der Waals surface area contributed by atoms with Gasteiger partial charge in [0, 0.05) is 12.4 Å². The van der Waals surface area contributed by atoms with Gasteiger partial charge in [-0.1, -0.05) is 23.4 Å². The number of para-hydroxylation sites is 1. The Bertz CT molecular complexity index is 903. The summed E-state index contributed by atoms with van der Waals surface area (Å²) in [5.41, 5.74) is 1.17. The fourth-order valence-corrected chi connectivity index (χ4v) is 4.07. The number of nitrogens with one attached hydrogen (secondary N) is 1. The normalized spacial score (nSPS) is 11.7. The van der Waals surface area contributed by atoms with Gasteiger partial charge in [0.25, 0.3) is 10.0 Å². The van der Waals surface area contributed by atoms with Gasteiger partial charge in [-0.3, -0.25) is 9.71 Å². The van der Waals surface area contributed by atoms with E-state index in [1.165, 1.54) is 17.9 Å². The molecule has 7 nitrogen and oxygen atoms in total. The summed E-state index contributed by atoms with van der Waals surface area (Å²) in [5.74, 6) is 0. The number of sulfonamides is 1. The van der Waals surface area contributed by atoms with Crippen LogP contribution in [0.15, 0.2) is 46.2 Å². The zero-order chi connectivity index (χ0) is 15.0. The average molecular weight is 368 g/mol. The quantitative estimate of drug-likeness (QED) is 0.763. The highest BCUT2D eigenvalue weighted by Gasteiger charge is 2.24. The van der Waals surface area contributed by atoms with Crippen LogP contribution in [0.25, 0.3) is 10.9 Å². The highest BCUT2D eigenvalue weighted by molar-refractivity contribution is 9.10. The van der Waals surface area contributed by atoms with Crippen LogP contribution in [0.4, 0.5) is 5.69 Å². The molecular weight excluding hydrogens is 358 g/mol. The third kappa shape index (κ3) is 2.61. The zero-order valence-corrected chi connectivity index (χ0v) is 13.3. The Kier molecular flexibility index (Phi) is 3.38. The first kappa shape index (κ1) is 14.0. The highest BCUT2D eigenvalue weighted by atomic mass is 79.9. The third-order valence-corrected chi connectivity index (χ3v) is 5.10. The van der Waals surface area contributed by atoms with Gasteiger partial charge < -0.3 is 0 Å². The minimum atomic E-state index is -3.80. The molecule has 0 saturated carbocycles. The van der Waals surface area contributed by atoms with Gasteiger partial charge in [-0.15, -0.1) is 5.10 Å². The molecule has 0 atom stereocenters. The smallest absolute Gasteiger partial charge is 0.277 e. The van der Waals surface area contributed by atoms with Crippen molar-refractivity contribution in [2.24, 2.45) is 7.05 Å². The first-order chi connectivity index (χ1) is 9.97. The van der Waals surface area contributed by atoms with Crippen LogP contribution in [0.2, 0.25) is 0 Å². The van der Waals surface area contributed by atoms with E-state index in [4.69, 9.17) is 0 Å². The molecule has 0 amide bonds. The lowest BCUT2D eigenvalue weighted by Crippen LogP contribution is -2.17. The number of nitrogens with zero attached hydrogens (tertiary/aromatic N) is 4. The maximum atomic E-state index is 12.4. The van der Waals surface area contributed by atoms with Crippen molar-refractivity contribution in [3.05, 3.63) is 41.1 Å². The van der Waals surface area contributed by atoms with Crippen LogP contribution >= 0.6 is 15.9 Å². The van der Waals surface area contributed by atoms with Crippen molar-refractivity contribution in [2.75, 3.05) is 4.72 Å². The largest absolute Gasteiger partial charge is 0.281 e. The lowest BCUT2D eigenvalue weighted by atomic mass is 10.2. The van der Waals surface area contributed by atoms with E-state index in [9.17, 15) is 8.42 Å². The molecule has 21 heavy (non-hydrogen) atoms. The molecule has 0 saturated heterocycles. The number of benzene rings is 1.